The Kier molecular flexibility index (Phi) is 6.54. The zero-order chi connectivity index (χ0) is 15.8. The fourth-order valence-corrected chi connectivity index (χ4v) is 4.08. The number of hydrogen-bond donors (Lipinski definition) is 0. The zero-order valence-electron chi connectivity index (χ0n) is 14.6. The van der Waals surface area contributed by atoms with E-state index in [1.54, 1.807) is 0 Å². The molecule has 1 fully saturated rings. The highest BCUT2D eigenvalue weighted by Crippen LogP contribution is 2.46. The smallest absolute Gasteiger partial charge is 0.119 e. The highest BCUT2D eigenvalue weighted by Gasteiger charge is 2.38. The Morgan fingerprint density at radius 1 is 1.14 bits per heavy atom. The molecule has 1 aromatic carbocycles. The third kappa shape index (κ3) is 3.94. The summed E-state index contributed by atoms with van der Waals surface area (Å²) in [5.74, 6) is 1.75. The normalized spacial score (nSPS) is 19.2. The monoisotopic (exact) mass is 300 g/mol. The molecule has 0 aliphatic heterocycles. The molecular formula is C21H32O. The Balaban J connectivity index is 2.16. The quantitative estimate of drug-likeness (QED) is 0.538. The van der Waals surface area contributed by atoms with Gasteiger partial charge in [0.25, 0.3) is 0 Å². The first-order valence-electron chi connectivity index (χ1n) is 9.07. The van der Waals surface area contributed by atoms with Gasteiger partial charge in [0.15, 0.2) is 0 Å². The van der Waals surface area contributed by atoms with Crippen LogP contribution in [0.4, 0.5) is 0 Å². The molecule has 2 rings (SSSR count). The van der Waals surface area contributed by atoms with Crippen LogP contribution in [0.5, 0.6) is 5.75 Å². The van der Waals surface area contributed by atoms with Gasteiger partial charge in [-0.1, -0.05) is 70.2 Å². The Morgan fingerprint density at radius 3 is 2.41 bits per heavy atom. The Morgan fingerprint density at radius 2 is 1.82 bits per heavy atom. The second-order valence-electron chi connectivity index (χ2n) is 6.81. The second kappa shape index (κ2) is 8.41. The predicted molar refractivity (Wildman–Crippen MR) is 95.6 cm³/mol. The van der Waals surface area contributed by atoms with Crippen LogP contribution in [0.2, 0.25) is 0 Å². The minimum atomic E-state index is 0.399. The van der Waals surface area contributed by atoms with Gasteiger partial charge in [0, 0.05) is 0 Å². The van der Waals surface area contributed by atoms with Gasteiger partial charge >= 0.3 is 0 Å². The lowest BCUT2D eigenvalue weighted by molar-refractivity contribution is 0.192. The zero-order valence-corrected chi connectivity index (χ0v) is 14.6. The number of rotatable bonds is 7. The van der Waals surface area contributed by atoms with Crippen LogP contribution in [0.1, 0.15) is 71.3 Å². The largest absolute Gasteiger partial charge is 0.490 e. The maximum atomic E-state index is 5.74. The summed E-state index contributed by atoms with van der Waals surface area (Å²) in [5, 5.41) is 0. The van der Waals surface area contributed by atoms with Gasteiger partial charge in [0.1, 0.15) is 12.4 Å². The lowest BCUT2D eigenvalue weighted by Crippen LogP contribution is -2.36. The van der Waals surface area contributed by atoms with E-state index < -0.39 is 0 Å². The number of ether oxygens (including phenoxy) is 1. The van der Waals surface area contributed by atoms with Crippen molar-refractivity contribution in [2.45, 2.75) is 71.1 Å². The van der Waals surface area contributed by atoms with Crippen molar-refractivity contribution >= 4 is 0 Å². The summed E-state index contributed by atoms with van der Waals surface area (Å²) in [5.41, 5.74) is 1.93. The third-order valence-electron chi connectivity index (χ3n) is 5.42. The lowest BCUT2D eigenvalue weighted by Gasteiger charge is -2.43. The topological polar surface area (TPSA) is 9.23 Å². The van der Waals surface area contributed by atoms with Crippen LogP contribution >= 0.6 is 0 Å². The van der Waals surface area contributed by atoms with E-state index in [1.165, 1.54) is 50.5 Å². The van der Waals surface area contributed by atoms with Crippen LogP contribution in [-0.2, 0) is 5.41 Å². The van der Waals surface area contributed by atoms with Crippen LogP contribution < -0.4 is 4.74 Å². The average molecular weight is 300 g/mol. The summed E-state index contributed by atoms with van der Waals surface area (Å²) in [6, 6.07) is 8.96. The predicted octanol–water partition coefficient (Wildman–Crippen LogP) is 6.28. The molecule has 0 heterocycles. The average Bonchev–Trinajstić information content (AvgIpc) is 2.56. The fraction of sp³-hybridized carbons (Fsp3) is 0.619. The summed E-state index contributed by atoms with van der Waals surface area (Å²) >= 11 is 0. The molecule has 22 heavy (non-hydrogen) atoms. The van der Waals surface area contributed by atoms with Gasteiger partial charge in [-0.15, -0.1) is 0 Å². The number of hydrogen-bond acceptors (Lipinski definition) is 1. The molecule has 1 unspecified atom stereocenters. The molecule has 122 valence electrons. The molecule has 0 N–H and O–H groups in total. The minimum absolute atomic E-state index is 0.399. The summed E-state index contributed by atoms with van der Waals surface area (Å²) < 4.78 is 5.74. The fourth-order valence-electron chi connectivity index (χ4n) is 4.08. The molecule has 0 radical (unpaired) electrons. The van der Waals surface area contributed by atoms with Gasteiger partial charge in [-0.2, -0.15) is 0 Å². The van der Waals surface area contributed by atoms with E-state index in [-0.39, 0.29) is 0 Å². The van der Waals surface area contributed by atoms with Crippen molar-refractivity contribution in [1.29, 1.82) is 0 Å². The molecule has 0 saturated heterocycles. The third-order valence-corrected chi connectivity index (χ3v) is 5.42. The Labute approximate surface area is 136 Å². The van der Waals surface area contributed by atoms with Crippen molar-refractivity contribution in [3.05, 3.63) is 42.0 Å². The van der Waals surface area contributed by atoms with E-state index in [0.29, 0.717) is 12.0 Å². The lowest BCUT2D eigenvalue weighted by atomic mass is 9.61. The minimum Gasteiger partial charge on any atom is -0.490 e. The van der Waals surface area contributed by atoms with Gasteiger partial charge in [0.2, 0.25) is 0 Å². The maximum Gasteiger partial charge on any atom is 0.119 e. The first kappa shape index (κ1) is 17.1. The number of benzene rings is 1. The van der Waals surface area contributed by atoms with Gasteiger partial charge in [-0.3, -0.25) is 0 Å². The molecular weight excluding hydrogens is 268 g/mol. The SMILES string of the molecule is C/C=C/COc1ccc(C2(C(C)CCC)CCCCC2)cc1. The van der Waals surface area contributed by atoms with Crippen LogP contribution in [0, 0.1) is 5.92 Å². The Hall–Kier alpha value is -1.24. The van der Waals surface area contributed by atoms with Gasteiger partial charge in [0.05, 0.1) is 0 Å². The molecule has 1 heteroatoms. The van der Waals surface area contributed by atoms with Crippen LogP contribution in [-0.4, -0.2) is 6.61 Å². The van der Waals surface area contributed by atoms with Crippen molar-refractivity contribution in [2.24, 2.45) is 5.92 Å². The van der Waals surface area contributed by atoms with Crippen molar-refractivity contribution in [1.82, 2.24) is 0 Å². The highest BCUT2D eigenvalue weighted by molar-refractivity contribution is 5.33. The molecule has 0 aromatic heterocycles. The van der Waals surface area contributed by atoms with Crippen LogP contribution in [0.25, 0.3) is 0 Å². The number of allylic oxidation sites excluding steroid dienone is 1. The summed E-state index contributed by atoms with van der Waals surface area (Å²) in [4.78, 5) is 0. The molecule has 1 nitrogen and oxygen atoms in total. The van der Waals surface area contributed by atoms with E-state index in [0.717, 1.165) is 11.7 Å². The first-order valence-corrected chi connectivity index (χ1v) is 9.07. The molecule has 1 saturated carbocycles. The standard InChI is InChI=1S/C21H32O/c1-4-6-17-22-20-13-11-19(12-14-20)21(18(3)10-5-2)15-8-7-9-16-21/h4,6,11-14,18H,5,7-10,15-17H2,1-3H3/b6-4+. The van der Waals surface area contributed by atoms with Crippen molar-refractivity contribution in [3.63, 3.8) is 0 Å². The molecule has 1 aromatic rings. The van der Waals surface area contributed by atoms with Gasteiger partial charge < -0.3 is 4.74 Å². The van der Waals surface area contributed by atoms with Crippen molar-refractivity contribution in [3.8, 4) is 5.75 Å². The van der Waals surface area contributed by atoms with E-state index in [9.17, 15) is 0 Å². The van der Waals surface area contributed by atoms with Crippen molar-refractivity contribution < 1.29 is 4.74 Å². The summed E-state index contributed by atoms with van der Waals surface area (Å²) in [6.45, 7) is 7.46. The maximum absolute atomic E-state index is 5.74. The van der Waals surface area contributed by atoms with E-state index >= 15 is 0 Å². The van der Waals surface area contributed by atoms with Gasteiger partial charge in [-0.05, 0) is 48.8 Å². The highest BCUT2D eigenvalue weighted by atomic mass is 16.5. The summed E-state index contributed by atoms with van der Waals surface area (Å²) in [7, 11) is 0. The molecule has 0 bridgehead atoms. The molecule has 0 spiro atoms. The van der Waals surface area contributed by atoms with Crippen LogP contribution in [0.15, 0.2) is 36.4 Å². The molecule has 1 aliphatic rings. The molecule has 0 amide bonds. The van der Waals surface area contributed by atoms with Gasteiger partial charge in [-0.25, -0.2) is 0 Å². The van der Waals surface area contributed by atoms with E-state index in [2.05, 4.69) is 38.1 Å². The van der Waals surface area contributed by atoms with Crippen LogP contribution in [0.3, 0.4) is 0 Å². The Bertz CT molecular complexity index is 451. The summed E-state index contributed by atoms with van der Waals surface area (Å²) in [6.07, 6.45) is 13.6. The van der Waals surface area contributed by atoms with E-state index in [4.69, 9.17) is 4.74 Å². The second-order valence-corrected chi connectivity index (χ2v) is 6.81. The first-order chi connectivity index (χ1) is 10.7. The molecule has 1 atom stereocenters. The molecule has 1 aliphatic carbocycles. The van der Waals surface area contributed by atoms with E-state index in [1.807, 2.05) is 19.1 Å². The van der Waals surface area contributed by atoms with Crippen molar-refractivity contribution in [2.75, 3.05) is 6.61 Å².